The van der Waals surface area contributed by atoms with Gasteiger partial charge in [-0.3, -0.25) is 0 Å². The number of hydrogen-bond acceptors (Lipinski definition) is 2. The van der Waals surface area contributed by atoms with Crippen molar-refractivity contribution in [2.24, 2.45) is 5.92 Å². The summed E-state index contributed by atoms with van der Waals surface area (Å²) in [5, 5.41) is 5.84. The molecule has 19 heavy (non-hydrogen) atoms. The van der Waals surface area contributed by atoms with Gasteiger partial charge in [-0.25, -0.2) is 4.79 Å². The number of likely N-dealkylation sites (tertiary alicyclic amines) is 1. The highest BCUT2D eigenvalue weighted by Gasteiger charge is 2.14. The molecule has 112 valence electrons. The quantitative estimate of drug-likeness (QED) is 0.698. The van der Waals surface area contributed by atoms with Crippen LogP contribution in [0.2, 0.25) is 0 Å². The van der Waals surface area contributed by atoms with Crippen LogP contribution in [0.15, 0.2) is 0 Å². The number of piperidine rings is 1. The van der Waals surface area contributed by atoms with Gasteiger partial charge in [0.1, 0.15) is 0 Å². The number of rotatable bonds is 7. The van der Waals surface area contributed by atoms with Crippen molar-refractivity contribution in [1.82, 2.24) is 15.5 Å². The van der Waals surface area contributed by atoms with Crippen molar-refractivity contribution < 1.29 is 4.79 Å². The van der Waals surface area contributed by atoms with Crippen LogP contribution in [0.5, 0.6) is 0 Å². The molecule has 4 heteroatoms. The second kappa shape index (κ2) is 9.18. The van der Waals surface area contributed by atoms with Gasteiger partial charge in [0, 0.05) is 12.6 Å². The lowest BCUT2D eigenvalue weighted by Crippen LogP contribution is -2.41. The summed E-state index contributed by atoms with van der Waals surface area (Å²) in [6, 6.07) is 0.233. The monoisotopic (exact) mass is 269 g/mol. The number of carbonyl (C=O) groups is 1. The number of unbranched alkanes of at least 4 members (excludes halogenated alkanes) is 1. The van der Waals surface area contributed by atoms with E-state index in [0.717, 1.165) is 25.3 Å². The number of carbonyl (C=O) groups excluding carboxylic acids is 1. The van der Waals surface area contributed by atoms with Crippen LogP contribution in [0.25, 0.3) is 0 Å². The van der Waals surface area contributed by atoms with Gasteiger partial charge in [-0.15, -0.1) is 0 Å². The number of urea groups is 1. The lowest BCUT2D eigenvalue weighted by Gasteiger charge is -2.30. The first-order valence-corrected chi connectivity index (χ1v) is 7.88. The SMILES string of the molecule is CCC(C)NC(=O)NCCCCN1CCC(C)CC1. The zero-order chi connectivity index (χ0) is 14.1. The van der Waals surface area contributed by atoms with E-state index >= 15 is 0 Å². The van der Waals surface area contributed by atoms with Crippen LogP contribution in [-0.4, -0.2) is 43.2 Å². The van der Waals surface area contributed by atoms with Crippen LogP contribution in [0, 0.1) is 5.92 Å². The fourth-order valence-corrected chi connectivity index (χ4v) is 2.32. The van der Waals surface area contributed by atoms with Crippen molar-refractivity contribution in [1.29, 1.82) is 0 Å². The highest BCUT2D eigenvalue weighted by Crippen LogP contribution is 2.15. The van der Waals surface area contributed by atoms with E-state index in [0.29, 0.717) is 0 Å². The predicted octanol–water partition coefficient (Wildman–Crippen LogP) is 2.60. The van der Waals surface area contributed by atoms with Crippen molar-refractivity contribution in [3.63, 3.8) is 0 Å². The molecule has 2 amide bonds. The average Bonchev–Trinajstić information content (AvgIpc) is 2.40. The van der Waals surface area contributed by atoms with Gasteiger partial charge in [0.25, 0.3) is 0 Å². The molecular formula is C15H31N3O. The zero-order valence-corrected chi connectivity index (χ0v) is 12.9. The van der Waals surface area contributed by atoms with E-state index in [1.807, 2.05) is 6.92 Å². The number of hydrogen-bond donors (Lipinski definition) is 2. The number of nitrogens with one attached hydrogen (secondary N) is 2. The standard InChI is InChI=1S/C15H31N3O/c1-4-14(3)17-15(19)16-9-5-6-10-18-11-7-13(2)8-12-18/h13-14H,4-12H2,1-3H3,(H2,16,17,19). The molecular weight excluding hydrogens is 238 g/mol. The van der Waals surface area contributed by atoms with Crippen LogP contribution >= 0.6 is 0 Å². The molecule has 4 nitrogen and oxygen atoms in total. The van der Waals surface area contributed by atoms with Gasteiger partial charge < -0.3 is 15.5 Å². The Morgan fingerprint density at radius 3 is 2.63 bits per heavy atom. The highest BCUT2D eigenvalue weighted by atomic mass is 16.2. The molecule has 1 atom stereocenters. The van der Waals surface area contributed by atoms with Crippen LogP contribution in [0.1, 0.15) is 52.9 Å². The maximum Gasteiger partial charge on any atom is 0.314 e. The van der Waals surface area contributed by atoms with Crippen molar-refractivity contribution in [3.05, 3.63) is 0 Å². The third-order valence-corrected chi connectivity index (χ3v) is 4.05. The molecule has 2 N–H and O–H groups in total. The maximum atomic E-state index is 11.5. The first kappa shape index (κ1) is 16.3. The average molecular weight is 269 g/mol. The summed E-state index contributed by atoms with van der Waals surface area (Å²) < 4.78 is 0. The van der Waals surface area contributed by atoms with E-state index in [4.69, 9.17) is 0 Å². The molecule has 1 heterocycles. The zero-order valence-electron chi connectivity index (χ0n) is 12.9. The molecule has 0 bridgehead atoms. The Morgan fingerprint density at radius 1 is 1.32 bits per heavy atom. The Hall–Kier alpha value is -0.770. The molecule has 0 aromatic rings. The molecule has 1 saturated heterocycles. The second-order valence-electron chi connectivity index (χ2n) is 5.94. The Labute approximate surface area is 118 Å². The summed E-state index contributed by atoms with van der Waals surface area (Å²) in [6.07, 6.45) is 5.91. The Morgan fingerprint density at radius 2 is 2.00 bits per heavy atom. The Bertz CT molecular complexity index is 250. The summed E-state index contributed by atoms with van der Waals surface area (Å²) in [5.74, 6) is 0.905. The largest absolute Gasteiger partial charge is 0.338 e. The smallest absolute Gasteiger partial charge is 0.314 e. The normalized spacial score (nSPS) is 19.1. The van der Waals surface area contributed by atoms with Gasteiger partial charge in [0.05, 0.1) is 0 Å². The van der Waals surface area contributed by atoms with Gasteiger partial charge in [-0.1, -0.05) is 13.8 Å². The molecule has 0 aromatic heterocycles. The molecule has 0 aromatic carbocycles. The van der Waals surface area contributed by atoms with Crippen molar-refractivity contribution in [3.8, 4) is 0 Å². The summed E-state index contributed by atoms with van der Waals surface area (Å²) >= 11 is 0. The first-order chi connectivity index (χ1) is 9.11. The number of nitrogens with zero attached hydrogens (tertiary/aromatic N) is 1. The van der Waals surface area contributed by atoms with E-state index in [-0.39, 0.29) is 12.1 Å². The van der Waals surface area contributed by atoms with Crippen molar-refractivity contribution in [2.75, 3.05) is 26.2 Å². The predicted molar refractivity (Wildman–Crippen MR) is 80.4 cm³/mol. The minimum absolute atomic E-state index is 0.0267. The van der Waals surface area contributed by atoms with Gasteiger partial charge in [-0.2, -0.15) is 0 Å². The van der Waals surface area contributed by atoms with E-state index < -0.39 is 0 Å². The van der Waals surface area contributed by atoms with Gasteiger partial charge in [0.2, 0.25) is 0 Å². The first-order valence-electron chi connectivity index (χ1n) is 7.88. The van der Waals surface area contributed by atoms with Gasteiger partial charge >= 0.3 is 6.03 Å². The minimum atomic E-state index is -0.0267. The molecule has 1 aliphatic rings. The number of amides is 2. The van der Waals surface area contributed by atoms with E-state index in [1.165, 1.54) is 38.9 Å². The summed E-state index contributed by atoms with van der Waals surface area (Å²) in [7, 11) is 0. The van der Waals surface area contributed by atoms with Crippen LogP contribution in [-0.2, 0) is 0 Å². The molecule has 1 unspecified atom stereocenters. The topological polar surface area (TPSA) is 44.4 Å². The van der Waals surface area contributed by atoms with E-state index in [2.05, 4.69) is 29.4 Å². The Kier molecular flexibility index (Phi) is 7.87. The lowest BCUT2D eigenvalue weighted by molar-refractivity contribution is 0.189. The maximum absolute atomic E-state index is 11.5. The summed E-state index contributed by atoms with van der Waals surface area (Å²) in [4.78, 5) is 14.0. The third-order valence-electron chi connectivity index (χ3n) is 4.05. The van der Waals surface area contributed by atoms with Crippen LogP contribution in [0.3, 0.4) is 0 Å². The summed E-state index contributed by atoms with van der Waals surface area (Å²) in [6.45, 7) is 10.9. The van der Waals surface area contributed by atoms with Gasteiger partial charge in [0.15, 0.2) is 0 Å². The molecule has 1 rings (SSSR count). The third kappa shape index (κ3) is 7.41. The Balaban J connectivity index is 1.95. The van der Waals surface area contributed by atoms with Gasteiger partial charge in [-0.05, 0) is 64.6 Å². The summed E-state index contributed by atoms with van der Waals surface area (Å²) in [5.41, 5.74) is 0. The van der Waals surface area contributed by atoms with E-state index in [9.17, 15) is 4.79 Å². The fraction of sp³-hybridized carbons (Fsp3) is 0.933. The molecule has 0 radical (unpaired) electrons. The van der Waals surface area contributed by atoms with Crippen LogP contribution in [0.4, 0.5) is 4.79 Å². The fourth-order valence-electron chi connectivity index (χ4n) is 2.32. The van der Waals surface area contributed by atoms with Crippen LogP contribution < -0.4 is 10.6 Å². The van der Waals surface area contributed by atoms with Crippen molar-refractivity contribution >= 4 is 6.03 Å². The molecule has 0 saturated carbocycles. The molecule has 0 aliphatic carbocycles. The van der Waals surface area contributed by atoms with E-state index in [1.54, 1.807) is 0 Å². The highest BCUT2D eigenvalue weighted by molar-refractivity contribution is 5.74. The minimum Gasteiger partial charge on any atom is -0.338 e. The lowest BCUT2D eigenvalue weighted by atomic mass is 9.99. The molecule has 0 spiro atoms. The second-order valence-corrected chi connectivity index (χ2v) is 5.94. The molecule has 1 aliphatic heterocycles. The van der Waals surface area contributed by atoms with Crippen molar-refractivity contribution in [2.45, 2.75) is 58.9 Å². The molecule has 1 fully saturated rings.